The van der Waals surface area contributed by atoms with Gasteiger partial charge in [0.2, 0.25) is 5.91 Å². The Balaban J connectivity index is 1.71. The van der Waals surface area contributed by atoms with Crippen LogP contribution in [0.15, 0.2) is 53.4 Å². The van der Waals surface area contributed by atoms with Gasteiger partial charge in [-0.25, -0.2) is 12.8 Å². The zero-order valence-electron chi connectivity index (χ0n) is 14.5. The predicted octanol–water partition coefficient (Wildman–Crippen LogP) is 2.83. The topological polar surface area (TPSA) is 66.5 Å². The summed E-state index contributed by atoms with van der Waals surface area (Å²) in [6.45, 7) is 0.426. The molecular weight excluding hydrogens is 355 g/mol. The van der Waals surface area contributed by atoms with E-state index in [1.807, 2.05) is 4.90 Å². The molecule has 0 atom stereocenters. The number of para-hydroxylation sites is 1. The molecular formula is C19H21FN2O3S. The van der Waals surface area contributed by atoms with E-state index in [-0.39, 0.29) is 34.9 Å². The minimum atomic E-state index is -3.44. The molecule has 0 bridgehead atoms. The number of nitrogens with one attached hydrogen (secondary N) is 1. The Morgan fingerprint density at radius 1 is 1.15 bits per heavy atom. The van der Waals surface area contributed by atoms with E-state index in [9.17, 15) is 17.6 Å². The van der Waals surface area contributed by atoms with E-state index in [1.165, 1.54) is 12.1 Å². The fourth-order valence-electron chi connectivity index (χ4n) is 2.87. The van der Waals surface area contributed by atoms with Crippen molar-refractivity contribution < 1.29 is 17.6 Å². The Kier molecular flexibility index (Phi) is 5.38. The first-order valence-corrected chi connectivity index (χ1v) is 10.3. The number of sulfone groups is 1. The molecule has 1 aliphatic rings. The van der Waals surface area contributed by atoms with Crippen molar-refractivity contribution in [1.29, 1.82) is 0 Å². The lowest BCUT2D eigenvalue weighted by atomic mass is 10.2. The molecule has 1 fully saturated rings. The average molecular weight is 376 g/mol. The third-order valence-corrected chi connectivity index (χ3v) is 5.46. The van der Waals surface area contributed by atoms with Gasteiger partial charge in [0.25, 0.3) is 0 Å². The van der Waals surface area contributed by atoms with Crippen molar-refractivity contribution >= 4 is 21.4 Å². The molecule has 1 aliphatic carbocycles. The molecule has 0 spiro atoms. The molecule has 0 aliphatic heterocycles. The average Bonchev–Trinajstić information content (AvgIpc) is 3.40. The lowest BCUT2D eigenvalue weighted by molar-refractivity contribution is -0.117. The number of halogens is 1. The second-order valence-electron chi connectivity index (χ2n) is 6.54. The van der Waals surface area contributed by atoms with E-state index in [4.69, 9.17) is 0 Å². The van der Waals surface area contributed by atoms with Gasteiger partial charge in [0.1, 0.15) is 5.82 Å². The zero-order valence-corrected chi connectivity index (χ0v) is 15.3. The summed E-state index contributed by atoms with van der Waals surface area (Å²) in [5.74, 6) is -0.606. The van der Waals surface area contributed by atoms with Crippen LogP contribution in [0, 0.1) is 5.82 Å². The maximum Gasteiger partial charge on any atom is 0.238 e. The van der Waals surface area contributed by atoms with Gasteiger partial charge in [-0.15, -0.1) is 0 Å². The minimum absolute atomic E-state index is 0.0805. The molecule has 1 N–H and O–H groups in total. The van der Waals surface area contributed by atoms with E-state index < -0.39 is 9.84 Å². The summed E-state index contributed by atoms with van der Waals surface area (Å²) in [6, 6.07) is 13.1. The van der Waals surface area contributed by atoms with Crippen molar-refractivity contribution in [3.05, 3.63) is 59.9 Å². The van der Waals surface area contributed by atoms with Gasteiger partial charge in [0, 0.05) is 24.4 Å². The third-order valence-electron chi connectivity index (χ3n) is 4.30. The van der Waals surface area contributed by atoms with E-state index >= 15 is 0 Å². The molecule has 2 aromatic carbocycles. The highest BCUT2D eigenvalue weighted by Crippen LogP contribution is 2.29. The summed E-state index contributed by atoms with van der Waals surface area (Å²) in [5, 5.41) is 2.68. The second-order valence-corrected chi connectivity index (χ2v) is 8.53. The monoisotopic (exact) mass is 376 g/mol. The van der Waals surface area contributed by atoms with Crippen molar-refractivity contribution in [3.8, 4) is 0 Å². The first kappa shape index (κ1) is 18.5. The highest BCUT2D eigenvalue weighted by atomic mass is 32.2. The summed E-state index contributed by atoms with van der Waals surface area (Å²) in [4.78, 5) is 14.5. The van der Waals surface area contributed by atoms with Crippen LogP contribution in [0.1, 0.15) is 18.4 Å². The van der Waals surface area contributed by atoms with E-state index in [2.05, 4.69) is 5.32 Å². The largest absolute Gasteiger partial charge is 0.324 e. The van der Waals surface area contributed by atoms with Crippen LogP contribution in [0.4, 0.5) is 10.1 Å². The molecule has 138 valence electrons. The molecule has 0 heterocycles. The van der Waals surface area contributed by atoms with Gasteiger partial charge in [-0.05, 0) is 31.0 Å². The normalized spacial score (nSPS) is 14.4. The summed E-state index contributed by atoms with van der Waals surface area (Å²) in [5.41, 5.74) is 0.811. The van der Waals surface area contributed by atoms with Gasteiger partial charge < -0.3 is 5.32 Å². The number of amides is 1. The zero-order chi connectivity index (χ0) is 18.7. The molecule has 1 amide bonds. The highest BCUT2D eigenvalue weighted by molar-refractivity contribution is 7.90. The van der Waals surface area contributed by atoms with Gasteiger partial charge in [-0.2, -0.15) is 0 Å². The number of hydrogen-bond donors (Lipinski definition) is 1. The van der Waals surface area contributed by atoms with Crippen LogP contribution in [-0.4, -0.2) is 38.1 Å². The van der Waals surface area contributed by atoms with Crippen molar-refractivity contribution in [2.75, 3.05) is 18.1 Å². The first-order chi connectivity index (χ1) is 12.3. The number of rotatable bonds is 7. The number of hydrogen-bond acceptors (Lipinski definition) is 4. The minimum Gasteiger partial charge on any atom is -0.324 e. The summed E-state index contributed by atoms with van der Waals surface area (Å²) >= 11 is 0. The smallest absolute Gasteiger partial charge is 0.238 e. The van der Waals surface area contributed by atoms with Gasteiger partial charge in [0.05, 0.1) is 17.1 Å². The van der Waals surface area contributed by atoms with Crippen LogP contribution in [-0.2, 0) is 21.2 Å². The van der Waals surface area contributed by atoms with Gasteiger partial charge in [0.15, 0.2) is 9.84 Å². The predicted molar refractivity (Wildman–Crippen MR) is 98.0 cm³/mol. The van der Waals surface area contributed by atoms with E-state index in [0.717, 1.165) is 19.1 Å². The van der Waals surface area contributed by atoms with Gasteiger partial charge >= 0.3 is 0 Å². The Labute approximate surface area is 152 Å². The lowest BCUT2D eigenvalue weighted by Crippen LogP contribution is -2.35. The SMILES string of the molecule is CS(=O)(=O)c1ccccc1NC(=O)CN(Cc1ccccc1F)C1CC1. The molecule has 2 aromatic rings. The summed E-state index contributed by atoms with van der Waals surface area (Å²) < 4.78 is 37.6. The lowest BCUT2D eigenvalue weighted by Gasteiger charge is -2.22. The summed E-state index contributed by atoms with van der Waals surface area (Å²) in [6.07, 6.45) is 3.05. The van der Waals surface area contributed by atoms with E-state index in [0.29, 0.717) is 12.1 Å². The van der Waals surface area contributed by atoms with E-state index in [1.54, 1.807) is 36.4 Å². The number of carbonyl (C=O) groups excluding carboxylic acids is 1. The molecule has 0 radical (unpaired) electrons. The highest BCUT2D eigenvalue weighted by Gasteiger charge is 2.31. The maximum atomic E-state index is 13.9. The first-order valence-electron chi connectivity index (χ1n) is 8.41. The van der Waals surface area contributed by atoms with Crippen LogP contribution in [0.2, 0.25) is 0 Å². The Bertz CT molecular complexity index is 911. The number of carbonyl (C=O) groups is 1. The van der Waals surface area contributed by atoms with Crippen LogP contribution in [0.5, 0.6) is 0 Å². The van der Waals surface area contributed by atoms with Crippen LogP contribution in [0.25, 0.3) is 0 Å². The molecule has 26 heavy (non-hydrogen) atoms. The fourth-order valence-corrected chi connectivity index (χ4v) is 3.71. The molecule has 0 saturated heterocycles. The Morgan fingerprint density at radius 2 is 1.81 bits per heavy atom. The standard InChI is InChI=1S/C19H21FN2O3S/c1-26(24,25)18-9-5-4-8-17(18)21-19(23)13-22(15-10-11-15)12-14-6-2-3-7-16(14)20/h2-9,15H,10-13H2,1H3,(H,21,23). The Hall–Kier alpha value is -2.25. The van der Waals surface area contributed by atoms with Crippen molar-refractivity contribution in [3.63, 3.8) is 0 Å². The molecule has 0 aromatic heterocycles. The van der Waals surface area contributed by atoms with Gasteiger partial charge in [-0.3, -0.25) is 9.69 Å². The molecule has 0 unspecified atom stereocenters. The van der Waals surface area contributed by atoms with Crippen molar-refractivity contribution in [1.82, 2.24) is 4.90 Å². The molecule has 7 heteroatoms. The second kappa shape index (κ2) is 7.55. The fraction of sp³-hybridized carbons (Fsp3) is 0.316. The summed E-state index contributed by atoms with van der Waals surface area (Å²) in [7, 11) is -3.44. The van der Waals surface area contributed by atoms with Crippen molar-refractivity contribution in [2.24, 2.45) is 0 Å². The number of benzene rings is 2. The molecule has 5 nitrogen and oxygen atoms in total. The van der Waals surface area contributed by atoms with Crippen LogP contribution < -0.4 is 5.32 Å². The third kappa shape index (κ3) is 4.68. The quantitative estimate of drug-likeness (QED) is 0.807. The van der Waals surface area contributed by atoms with Gasteiger partial charge in [-0.1, -0.05) is 30.3 Å². The number of anilines is 1. The maximum absolute atomic E-state index is 13.9. The number of nitrogens with zero attached hydrogens (tertiary/aromatic N) is 1. The molecule has 1 saturated carbocycles. The Morgan fingerprint density at radius 3 is 2.46 bits per heavy atom. The van der Waals surface area contributed by atoms with Crippen LogP contribution in [0.3, 0.4) is 0 Å². The molecule has 3 rings (SSSR count). The van der Waals surface area contributed by atoms with Crippen molar-refractivity contribution in [2.45, 2.75) is 30.3 Å². The van der Waals surface area contributed by atoms with Crippen LogP contribution >= 0.6 is 0 Å².